The number of hydrazine groups is 1. The Balaban J connectivity index is 1.17. The van der Waals surface area contributed by atoms with E-state index in [1.54, 1.807) is 0 Å². The summed E-state index contributed by atoms with van der Waals surface area (Å²) in [7, 11) is 0. The number of rotatable bonds is 4. The first kappa shape index (κ1) is 20.7. The van der Waals surface area contributed by atoms with Crippen molar-refractivity contribution in [3.63, 3.8) is 0 Å². The average molecular weight is 441 g/mol. The van der Waals surface area contributed by atoms with E-state index in [0.717, 1.165) is 48.1 Å². The molecular weight excluding hydrogens is 412 g/mol. The van der Waals surface area contributed by atoms with Gasteiger partial charge in [0.1, 0.15) is 5.54 Å². The Bertz CT molecular complexity index is 1110. The number of H-pyrrole nitrogens is 1. The number of imide groups is 1. The van der Waals surface area contributed by atoms with Gasteiger partial charge in [0.2, 0.25) is 0 Å². The van der Waals surface area contributed by atoms with Gasteiger partial charge in [0, 0.05) is 19.1 Å². The summed E-state index contributed by atoms with van der Waals surface area (Å²) >= 11 is 0. The molecule has 170 valence electrons. The molecule has 3 fully saturated rings. The molecule has 3 aliphatic rings. The summed E-state index contributed by atoms with van der Waals surface area (Å²) in [5.74, 6) is -0.739. The molecule has 3 N–H and O–H groups in total. The fourth-order valence-electron chi connectivity index (χ4n) is 5.35. The molecule has 10 nitrogen and oxygen atoms in total. The van der Waals surface area contributed by atoms with Crippen LogP contribution in [0.2, 0.25) is 0 Å². The number of nitrogens with zero attached hydrogens (tertiary/aromatic N) is 3. The average Bonchev–Trinajstić information content (AvgIpc) is 3.23. The van der Waals surface area contributed by atoms with Gasteiger partial charge < -0.3 is 10.3 Å². The van der Waals surface area contributed by atoms with Crippen LogP contribution < -0.4 is 16.4 Å². The molecule has 1 aromatic carbocycles. The van der Waals surface area contributed by atoms with Crippen molar-refractivity contribution in [2.75, 3.05) is 19.6 Å². The molecule has 0 radical (unpaired) electrons. The standard InChI is InChI=1S/C22H28N6O4/c29-18(25-28-19(30)22(24-21(28)32)10-4-1-5-11-22)14-26-12-8-15(9-13-26)27-17-7-3-2-6-16(17)23-20(27)31/h2-3,6-7,15H,1,4-5,8-14H2,(H,23,31)(H,24,32)(H,25,29). The first-order valence-electron chi connectivity index (χ1n) is 11.3. The Morgan fingerprint density at radius 2 is 1.78 bits per heavy atom. The third kappa shape index (κ3) is 3.58. The lowest BCUT2D eigenvalue weighted by Gasteiger charge is -2.32. The number of fused-ring (bicyclic) bond motifs is 1. The zero-order valence-corrected chi connectivity index (χ0v) is 17.9. The van der Waals surface area contributed by atoms with Crippen molar-refractivity contribution in [2.45, 2.75) is 56.5 Å². The molecule has 32 heavy (non-hydrogen) atoms. The molecule has 2 saturated heterocycles. The topological polar surface area (TPSA) is 120 Å². The van der Waals surface area contributed by atoms with Crippen molar-refractivity contribution >= 4 is 28.9 Å². The van der Waals surface area contributed by atoms with Crippen LogP contribution in [0.4, 0.5) is 4.79 Å². The highest BCUT2D eigenvalue weighted by molar-refractivity contribution is 6.08. The van der Waals surface area contributed by atoms with Crippen molar-refractivity contribution in [3.05, 3.63) is 34.7 Å². The number of para-hydroxylation sites is 2. The van der Waals surface area contributed by atoms with Crippen LogP contribution in [-0.4, -0.2) is 62.5 Å². The lowest BCUT2D eigenvalue weighted by atomic mass is 9.82. The van der Waals surface area contributed by atoms with Gasteiger partial charge in [0.25, 0.3) is 11.8 Å². The summed E-state index contributed by atoms with van der Waals surface area (Å²) in [5, 5.41) is 3.65. The summed E-state index contributed by atoms with van der Waals surface area (Å²) in [5.41, 5.74) is 3.25. The Labute approximate surface area is 184 Å². The lowest BCUT2D eigenvalue weighted by molar-refractivity contribution is -0.140. The minimum atomic E-state index is -0.854. The van der Waals surface area contributed by atoms with Crippen LogP contribution in [0.1, 0.15) is 51.0 Å². The maximum absolute atomic E-state index is 12.8. The lowest BCUT2D eigenvalue weighted by Crippen LogP contribution is -2.53. The van der Waals surface area contributed by atoms with Crippen LogP contribution >= 0.6 is 0 Å². The van der Waals surface area contributed by atoms with Crippen LogP contribution in [0.3, 0.4) is 0 Å². The smallest absolute Gasteiger partial charge is 0.322 e. The number of imidazole rings is 1. The summed E-state index contributed by atoms with van der Waals surface area (Å²) in [4.78, 5) is 55.0. The number of hydrogen-bond donors (Lipinski definition) is 3. The fraction of sp³-hybridized carbons (Fsp3) is 0.545. The number of carbonyl (C=O) groups is 3. The van der Waals surface area contributed by atoms with Crippen molar-refractivity contribution < 1.29 is 14.4 Å². The van der Waals surface area contributed by atoms with E-state index in [9.17, 15) is 19.2 Å². The number of amides is 4. The molecule has 5 rings (SSSR count). The number of aromatic amines is 1. The van der Waals surface area contributed by atoms with Gasteiger partial charge in [-0.2, -0.15) is 5.01 Å². The van der Waals surface area contributed by atoms with Crippen LogP contribution in [0.15, 0.2) is 29.1 Å². The van der Waals surface area contributed by atoms with Gasteiger partial charge in [0.15, 0.2) is 0 Å². The molecule has 0 atom stereocenters. The zero-order chi connectivity index (χ0) is 22.3. The number of hydrogen-bond acceptors (Lipinski definition) is 5. The summed E-state index contributed by atoms with van der Waals surface area (Å²) in [6.45, 7) is 1.39. The second-order valence-electron chi connectivity index (χ2n) is 9.07. The number of nitrogens with one attached hydrogen (secondary N) is 3. The maximum atomic E-state index is 12.8. The predicted molar refractivity (Wildman–Crippen MR) is 117 cm³/mol. The van der Waals surface area contributed by atoms with Gasteiger partial charge in [-0.3, -0.25) is 24.5 Å². The molecule has 1 aromatic heterocycles. The van der Waals surface area contributed by atoms with E-state index in [1.165, 1.54) is 0 Å². The first-order valence-corrected chi connectivity index (χ1v) is 11.3. The second-order valence-corrected chi connectivity index (χ2v) is 9.07. The largest absolute Gasteiger partial charge is 0.344 e. The molecule has 4 amide bonds. The van der Waals surface area contributed by atoms with Gasteiger partial charge in [-0.1, -0.05) is 31.4 Å². The summed E-state index contributed by atoms with van der Waals surface area (Å²) in [6.07, 6.45) is 5.54. The molecule has 10 heteroatoms. The third-order valence-corrected chi connectivity index (χ3v) is 7.02. The van der Waals surface area contributed by atoms with E-state index in [4.69, 9.17) is 0 Å². The second kappa shape index (κ2) is 8.09. The third-order valence-electron chi connectivity index (χ3n) is 7.02. The predicted octanol–water partition coefficient (Wildman–Crippen LogP) is 1.25. The number of urea groups is 1. The SMILES string of the molecule is O=C(CN1CCC(n2c(=O)[nH]c3ccccc32)CC1)NN1C(=O)NC2(CCCCC2)C1=O. The molecule has 2 aliphatic heterocycles. The Kier molecular flexibility index (Phi) is 5.24. The fourth-order valence-corrected chi connectivity index (χ4v) is 5.35. The maximum Gasteiger partial charge on any atom is 0.344 e. The number of benzene rings is 1. The molecule has 0 unspecified atom stereocenters. The molecular formula is C22H28N6O4. The number of likely N-dealkylation sites (tertiary alicyclic amines) is 1. The van der Waals surface area contributed by atoms with Crippen molar-refractivity contribution in [1.82, 2.24) is 30.2 Å². The Hall–Kier alpha value is -3.14. The molecule has 1 aliphatic carbocycles. The Morgan fingerprint density at radius 1 is 1.06 bits per heavy atom. The van der Waals surface area contributed by atoms with Gasteiger partial charge in [0.05, 0.1) is 17.6 Å². The number of aromatic nitrogens is 2. The van der Waals surface area contributed by atoms with Gasteiger partial charge >= 0.3 is 11.7 Å². The van der Waals surface area contributed by atoms with Crippen molar-refractivity contribution in [2.24, 2.45) is 0 Å². The van der Waals surface area contributed by atoms with E-state index in [2.05, 4.69) is 15.7 Å². The highest BCUT2D eigenvalue weighted by atomic mass is 16.2. The number of piperidine rings is 1. The molecule has 1 saturated carbocycles. The van der Waals surface area contributed by atoms with Gasteiger partial charge in [-0.05, 0) is 37.8 Å². The van der Waals surface area contributed by atoms with E-state index in [-0.39, 0.29) is 30.1 Å². The molecule has 3 heterocycles. The van der Waals surface area contributed by atoms with Crippen LogP contribution in [0.25, 0.3) is 11.0 Å². The molecule has 1 spiro atoms. The van der Waals surface area contributed by atoms with E-state index >= 15 is 0 Å². The minimum absolute atomic E-state index is 0.0649. The minimum Gasteiger partial charge on any atom is -0.322 e. The highest BCUT2D eigenvalue weighted by Crippen LogP contribution is 2.33. The van der Waals surface area contributed by atoms with E-state index in [1.807, 2.05) is 33.7 Å². The van der Waals surface area contributed by atoms with Gasteiger partial charge in [-0.15, -0.1) is 0 Å². The summed E-state index contributed by atoms with van der Waals surface area (Å²) < 4.78 is 1.81. The van der Waals surface area contributed by atoms with Crippen LogP contribution in [0.5, 0.6) is 0 Å². The highest BCUT2D eigenvalue weighted by Gasteiger charge is 2.52. The quantitative estimate of drug-likeness (QED) is 0.618. The number of carbonyl (C=O) groups excluding carboxylic acids is 3. The summed E-state index contributed by atoms with van der Waals surface area (Å²) in [6, 6.07) is 7.15. The van der Waals surface area contributed by atoms with Crippen molar-refractivity contribution in [1.29, 1.82) is 0 Å². The first-order chi connectivity index (χ1) is 15.5. The van der Waals surface area contributed by atoms with Crippen LogP contribution in [-0.2, 0) is 9.59 Å². The molecule has 0 bridgehead atoms. The van der Waals surface area contributed by atoms with E-state index in [0.29, 0.717) is 25.9 Å². The van der Waals surface area contributed by atoms with Gasteiger partial charge in [-0.25, -0.2) is 9.59 Å². The van der Waals surface area contributed by atoms with E-state index < -0.39 is 11.6 Å². The molecule has 2 aromatic rings. The monoisotopic (exact) mass is 440 g/mol. The zero-order valence-electron chi connectivity index (χ0n) is 17.9. The van der Waals surface area contributed by atoms with Crippen LogP contribution in [0, 0.1) is 0 Å². The normalized spacial score (nSPS) is 21.9. The Morgan fingerprint density at radius 3 is 2.53 bits per heavy atom. The van der Waals surface area contributed by atoms with Crippen molar-refractivity contribution in [3.8, 4) is 0 Å².